The van der Waals surface area contributed by atoms with E-state index in [1.807, 2.05) is 36.5 Å². The Labute approximate surface area is 137 Å². The maximum atomic E-state index is 12.2. The molecule has 0 saturated carbocycles. The van der Waals surface area contributed by atoms with Crippen LogP contribution in [-0.4, -0.2) is 17.7 Å². The van der Waals surface area contributed by atoms with Crippen LogP contribution in [0.15, 0.2) is 47.4 Å². The summed E-state index contributed by atoms with van der Waals surface area (Å²) in [5.41, 5.74) is 9.05. The van der Waals surface area contributed by atoms with Crippen LogP contribution in [0.3, 0.4) is 0 Å². The zero-order valence-corrected chi connectivity index (χ0v) is 13.7. The van der Waals surface area contributed by atoms with Crippen LogP contribution in [0.25, 0.3) is 0 Å². The third-order valence-corrected chi connectivity index (χ3v) is 4.73. The Hall–Kier alpha value is -2.07. The van der Waals surface area contributed by atoms with E-state index < -0.39 is 0 Å². The molecule has 0 unspecified atom stereocenters. The van der Waals surface area contributed by atoms with Gasteiger partial charge in [-0.1, -0.05) is 31.2 Å². The molecule has 0 radical (unpaired) electrons. The van der Waals surface area contributed by atoms with Gasteiger partial charge in [0.05, 0.1) is 12.2 Å². The minimum Gasteiger partial charge on any atom is -0.370 e. The number of aromatic nitrogens is 1. The molecule has 3 rings (SSSR count). The van der Waals surface area contributed by atoms with Crippen molar-refractivity contribution in [2.45, 2.75) is 32.9 Å². The van der Waals surface area contributed by atoms with Crippen LogP contribution in [0.4, 0.5) is 5.69 Å². The normalized spacial score (nSPS) is 15.8. The van der Waals surface area contributed by atoms with E-state index in [4.69, 9.17) is 5.73 Å². The summed E-state index contributed by atoms with van der Waals surface area (Å²) >= 11 is 0. The number of hydrogen-bond donors (Lipinski definition) is 1. The summed E-state index contributed by atoms with van der Waals surface area (Å²) in [5, 5.41) is 0. The number of nitrogens with two attached hydrogens (primary N) is 1. The number of anilines is 1. The lowest BCUT2D eigenvalue weighted by Gasteiger charge is -2.32. The Morgan fingerprint density at radius 3 is 2.35 bits per heavy atom. The van der Waals surface area contributed by atoms with Crippen molar-refractivity contribution >= 4 is 5.69 Å². The van der Waals surface area contributed by atoms with E-state index in [2.05, 4.69) is 11.8 Å². The number of rotatable bonds is 4. The molecule has 1 aliphatic rings. The molecule has 1 aliphatic heterocycles. The molecule has 23 heavy (non-hydrogen) atoms. The van der Waals surface area contributed by atoms with E-state index in [9.17, 15) is 4.79 Å². The van der Waals surface area contributed by atoms with Gasteiger partial charge < -0.3 is 15.2 Å². The summed E-state index contributed by atoms with van der Waals surface area (Å²) in [5.74, 6) is 0.804. The molecule has 1 fully saturated rings. The molecule has 4 heteroatoms. The minimum atomic E-state index is 0.0435. The summed E-state index contributed by atoms with van der Waals surface area (Å²) < 4.78 is 1.80. The molecular formula is C19H25N3O. The van der Waals surface area contributed by atoms with Gasteiger partial charge in [0, 0.05) is 31.9 Å². The second-order valence-electron chi connectivity index (χ2n) is 6.54. The van der Waals surface area contributed by atoms with Gasteiger partial charge >= 0.3 is 0 Å². The summed E-state index contributed by atoms with van der Waals surface area (Å²) in [6.45, 7) is 5.60. The number of pyridine rings is 1. The van der Waals surface area contributed by atoms with Gasteiger partial charge in [0.15, 0.2) is 0 Å². The van der Waals surface area contributed by atoms with Crippen LogP contribution in [0.5, 0.6) is 0 Å². The van der Waals surface area contributed by atoms with Gasteiger partial charge in [-0.2, -0.15) is 0 Å². The average Bonchev–Trinajstić information content (AvgIpc) is 2.58. The average molecular weight is 311 g/mol. The molecule has 0 bridgehead atoms. The van der Waals surface area contributed by atoms with Crippen LogP contribution < -0.4 is 16.2 Å². The van der Waals surface area contributed by atoms with E-state index in [1.165, 1.54) is 12.8 Å². The van der Waals surface area contributed by atoms with Crippen molar-refractivity contribution in [2.75, 3.05) is 18.0 Å². The molecule has 0 atom stereocenters. The van der Waals surface area contributed by atoms with Gasteiger partial charge in [-0.15, -0.1) is 0 Å². The van der Waals surface area contributed by atoms with E-state index in [0.717, 1.165) is 35.8 Å². The summed E-state index contributed by atoms with van der Waals surface area (Å²) in [4.78, 5) is 14.5. The molecular weight excluding hydrogens is 286 g/mol. The molecule has 1 aromatic heterocycles. The van der Waals surface area contributed by atoms with Gasteiger partial charge in [-0.05, 0) is 36.0 Å². The zero-order valence-electron chi connectivity index (χ0n) is 13.7. The van der Waals surface area contributed by atoms with Gasteiger partial charge in [-0.25, -0.2) is 0 Å². The lowest BCUT2D eigenvalue weighted by Crippen LogP contribution is -2.33. The van der Waals surface area contributed by atoms with Crippen molar-refractivity contribution in [3.63, 3.8) is 0 Å². The Morgan fingerprint density at radius 1 is 1.04 bits per heavy atom. The van der Waals surface area contributed by atoms with Gasteiger partial charge in [0.1, 0.15) is 0 Å². The standard InChI is InChI=1S/C19H25N3O/c1-15-8-10-21(11-9-15)18-6-7-19(23)22(14-18)13-17-4-2-16(12-20)3-5-17/h2-7,14-15H,8-13,20H2,1H3. The highest BCUT2D eigenvalue weighted by atomic mass is 16.1. The topological polar surface area (TPSA) is 51.3 Å². The molecule has 4 nitrogen and oxygen atoms in total. The highest BCUT2D eigenvalue weighted by Crippen LogP contribution is 2.22. The third-order valence-electron chi connectivity index (χ3n) is 4.73. The zero-order chi connectivity index (χ0) is 16.2. The Bertz CT molecular complexity index is 697. The van der Waals surface area contributed by atoms with Gasteiger partial charge in [0.2, 0.25) is 0 Å². The fourth-order valence-corrected chi connectivity index (χ4v) is 3.07. The minimum absolute atomic E-state index is 0.0435. The van der Waals surface area contributed by atoms with E-state index in [1.54, 1.807) is 10.6 Å². The number of nitrogens with zero attached hydrogens (tertiary/aromatic N) is 2. The Balaban J connectivity index is 1.78. The first-order chi connectivity index (χ1) is 11.2. The third kappa shape index (κ3) is 3.82. The second-order valence-corrected chi connectivity index (χ2v) is 6.54. The van der Waals surface area contributed by atoms with E-state index >= 15 is 0 Å². The number of piperidine rings is 1. The first-order valence-corrected chi connectivity index (χ1v) is 8.39. The largest absolute Gasteiger partial charge is 0.370 e. The summed E-state index contributed by atoms with van der Waals surface area (Å²) in [6, 6.07) is 11.8. The molecule has 122 valence electrons. The molecule has 0 spiro atoms. The van der Waals surface area contributed by atoms with Crippen molar-refractivity contribution in [3.05, 3.63) is 64.1 Å². The molecule has 2 aromatic rings. The fraction of sp³-hybridized carbons (Fsp3) is 0.421. The van der Waals surface area contributed by atoms with Gasteiger partial charge in [-0.3, -0.25) is 4.79 Å². The lowest BCUT2D eigenvalue weighted by molar-refractivity contribution is 0.438. The molecule has 1 aromatic carbocycles. The van der Waals surface area contributed by atoms with Crippen LogP contribution in [-0.2, 0) is 13.1 Å². The maximum absolute atomic E-state index is 12.2. The van der Waals surface area contributed by atoms with Crippen molar-refractivity contribution in [2.24, 2.45) is 11.7 Å². The maximum Gasteiger partial charge on any atom is 0.250 e. The van der Waals surface area contributed by atoms with Crippen LogP contribution in [0, 0.1) is 5.92 Å². The summed E-state index contributed by atoms with van der Waals surface area (Å²) in [7, 11) is 0. The van der Waals surface area contributed by atoms with E-state index in [-0.39, 0.29) is 5.56 Å². The predicted octanol–water partition coefficient (Wildman–Crippen LogP) is 2.59. The second kappa shape index (κ2) is 7.01. The SMILES string of the molecule is CC1CCN(c2ccc(=O)n(Cc3ccc(CN)cc3)c2)CC1. The summed E-state index contributed by atoms with van der Waals surface area (Å²) in [6.07, 6.45) is 4.44. The molecule has 0 amide bonds. The molecule has 2 N–H and O–H groups in total. The first-order valence-electron chi connectivity index (χ1n) is 8.39. The highest BCUT2D eigenvalue weighted by Gasteiger charge is 2.16. The monoisotopic (exact) mass is 311 g/mol. The quantitative estimate of drug-likeness (QED) is 0.944. The van der Waals surface area contributed by atoms with Crippen molar-refractivity contribution in [1.82, 2.24) is 4.57 Å². The van der Waals surface area contributed by atoms with Crippen molar-refractivity contribution < 1.29 is 0 Å². The Morgan fingerprint density at radius 2 is 1.70 bits per heavy atom. The first kappa shape index (κ1) is 15.8. The van der Waals surface area contributed by atoms with Crippen LogP contribution in [0.2, 0.25) is 0 Å². The highest BCUT2D eigenvalue weighted by molar-refractivity contribution is 5.44. The van der Waals surface area contributed by atoms with Crippen LogP contribution >= 0.6 is 0 Å². The fourth-order valence-electron chi connectivity index (χ4n) is 3.07. The molecule has 0 aliphatic carbocycles. The Kier molecular flexibility index (Phi) is 4.82. The number of hydrogen-bond acceptors (Lipinski definition) is 3. The predicted molar refractivity (Wildman–Crippen MR) is 94.7 cm³/mol. The number of benzene rings is 1. The van der Waals surface area contributed by atoms with Crippen LogP contribution in [0.1, 0.15) is 30.9 Å². The van der Waals surface area contributed by atoms with E-state index in [0.29, 0.717) is 13.1 Å². The molecule has 2 heterocycles. The van der Waals surface area contributed by atoms with Crippen molar-refractivity contribution in [1.29, 1.82) is 0 Å². The lowest BCUT2D eigenvalue weighted by atomic mass is 9.99. The van der Waals surface area contributed by atoms with Gasteiger partial charge in [0.25, 0.3) is 5.56 Å². The smallest absolute Gasteiger partial charge is 0.250 e. The molecule has 1 saturated heterocycles. The van der Waals surface area contributed by atoms with Crippen molar-refractivity contribution in [3.8, 4) is 0 Å².